The van der Waals surface area contributed by atoms with E-state index in [1.165, 1.54) is 10.5 Å². The van der Waals surface area contributed by atoms with E-state index in [4.69, 9.17) is 5.73 Å². The summed E-state index contributed by atoms with van der Waals surface area (Å²) in [5.41, 5.74) is 5.58. The first-order chi connectivity index (χ1) is 8.05. The SMILES string of the molecule is CCC1CCCN(S(=O)(=O)c2cn[nH]c2N)C1. The van der Waals surface area contributed by atoms with Gasteiger partial charge in [0.2, 0.25) is 10.0 Å². The van der Waals surface area contributed by atoms with Crippen LogP contribution >= 0.6 is 0 Å². The van der Waals surface area contributed by atoms with E-state index in [1.54, 1.807) is 0 Å². The van der Waals surface area contributed by atoms with Crippen LogP contribution in [0, 0.1) is 5.92 Å². The molecule has 1 atom stereocenters. The molecule has 1 aliphatic rings. The molecule has 0 saturated carbocycles. The summed E-state index contributed by atoms with van der Waals surface area (Å²) in [4.78, 5) is 0.0919. The molecule has 7 heteroatoms. The number of nitrogen functional groups attached to an aromatic ring is 1. The summed E-state index contributed by atoms with van der Waals surface area (Å²) >= 11 is 0. The molecule has 1 aromatic heterocycles. The highest BCUT2D eigenvalue weighted by atomic mass is 32.2. The second kappa shape index (κ2) is 4.66. The van der Waals surface area contributed by atoms with Crippen molar-refractivity contribution in [2.75, 3.05) is 18.8 Å². The zero-order chi connectivity index (χ0) is 12.5. The van der Waals surface area contributed by atoms with Crippen LogP contribution in [0.1, 0.15) is 26.2 Å². The van der Waals surface area contributed by atoms with Gasteiger partial charge in [-0.25, -0.2) is 8.42 Å². The van der Waals surface area contributed by atoms with E-state index in [0.717, 1.165) is 19.3 Å². The molecule has 0 spiro atoms. The summed E-state index contributed by atoms with van der Waals surface area (Å²) in [6.45, 7) is 3.25. The van der Waals surface area contributed by atoms with Crippen LogP contribution in [0.5, 0.6) is 0 Å². The lowest BCUT2D eigenvalue weighted by Crippen LogP contribution is -2.39. The molecule has 2 heterocycles. The molecule has 1 saturated heterocycles. The lowest BCUT2D eigenvalue weighted by Gasteiger charge is -2.31. The third-order valence-electron chi connectivity index (χ3n) is 3.31. The minimum Gasteiger partial charge on any atom is -0.383 e. The first kappa shape index (κ1) is 12.4. The van der Waals surface area contributed by atoms with Crippen LogP contribution in [-0.2, 0) is 10.0 Å². The Morgan fingerprint density at radius 1 is 1.65 bits per heavy atom. The first-order valence-corrected chi connectivity index (χ1v) is 7.28. The summed E-state index contributed by atoms with van der Waals surface area (Å²) < 4.78 is 26.2. The van der Waals surface area contributed by atoms with Gasteiger partial charge in [0.05, 0.1) is 6.20 Å². The van der Waals surface area contributed by atoms with Crippen molar-refractivity contribution < 1.29 is 8.42 Å². The van der Waals surface area contributed by atoms with E-state index < -0.39 is 10.0 Å². The van der Waals surface area contributed by atoms with Crippen molar-refractivity contribution in [3.8, 4) is 0 Å². The highest BCUT2D eigenvalue weighted by molar-refractivity contribution is 7.89. The Kier molecular flexibility index (Phi) is 3.39. The van der Waals surface area contributed by atoms with Gasteiger partial charge in [-0.05, 0) is 18.8 Å². The average Bonchev–Trinajstić information content (AvgIpc) is 2.76. The second-order valence-electron chi connectivity index (χ2n) is 4.43. The highest BCUT2D eigenvalue weighted by Crippen LogP contribution is 2.26. The van der Waals surface area contributed by atoms with Crippen molar-refractivity contribution in [3.63, 3.8) is 0 Å². The number of nitrogens with two attached hydrogens (primary N) is 1. The fourth-order valence-electron chi connectivity index (χ4n) is 2.21. The fraction of sp³-hybridized carbons (Fsp3) is 0.700. The van der Waals surface area contributed by atoms with E-state index in [2.05, 4.69) is 17.1 Å². The molecular formula is C10H18N4O2S. The quantitative estimate of drug-likeness (QED) is 0.839. The largest absolute Gasteiger partial charge is 0.383 e. The number of rotatable bonds is 3. The predicted molar refractivity (Wildman–Crippen MR) is 64.8 cm³/mol. The maximum absolute atomic E-state index is 12.3. The van der Waals surface area contributed by atoms with Crippen molar-refractivity contribution in [2.45, 2.75) is 31.1 Å². The molecule has 1 aromatic rings. The summed E-state index contributed by atoms with van der Waals surface area (Å²) in [6, 6.07) is 0. The van der Waals surface area contributed by atoms with E-state index in [-0.39, 0.29) is 10.7 Å². The van der Waals surface area contributed by atoms with Gasteiger partial charge in [0, 0.05) is 13.1 Å². The maximum Gasteiger partial charge on any atom is 0.248 e. The molecule has 0 aromatic carbocycles. The molecule has 1 fully saturated rings. The summed E-state index contributed by atoms with van der Waals surface area (Å²) in [7, 11) is -3.48. The molecular weight excluding hydrogens is 240 g/mol. The van der Waals surface area contributed by atoms with Crippen molar-refractivity contribution in [1.82, 2.24) is 14.5 Å². The number of sulfonamides is 1. The zero-order valence-electron chi connectivity index (χ0n) is 9.89. The van der Waals surface area contributed by atoms with E-state index in [1.807, 2.05) is 0 Å². The Balaban J connectivity index is 2.24. The number of piperidine rings is 1. The van der Waals surface area contributed by atoms with Crippen molar-refractivity contribution in [2.24, 2.45) is 5.92 Å². The molecule has 1 unspecified atom stereocenters. The molecule has 0 amide bonds. The maximum atomic E-state index is 12.3. The van der Waals surface area contributed by atoms with Gasteiger partial charge in [0.15, 0.2) is 0 Å². The third kappa shape index (κ3) is 2.30. The van der Waals surface area contributed by atoms with Gasteiger partial charge < -0.3 is 5.73 Å². The van der Waals surface area contributed by atoms with Gasteiger partial charge in [-0.2, -0.15) is 9.40 Å². The summed E-state index contributed by atoms with van der Waals surface area (Å²) in [6.07, 6.45) is 4.30. The number of nitrogens with one attached hydrogen (secondary N) is 1. The Morgan fingerprint density at radius 3 is 3.00 bits per heavy atom. The smallest absolute Gasteiger partial charge is 0.248 e. The number of anilines is 1. The number of nitrogens with zero attached hydrogens (tertiary/aromatic N) is 2. The second-order valence-corrected chi connectivity index (χ2v) is 6.33. The molecule has 0 aliphatic carbocycles. The third-order valence-corrected chi connectivity index (χ3v) is 5.20. The van der Waals surface area contributed by atoms with Crippen molar-refractivity contribution in [1.29, 1.82) is 0 Å². The molecule has 1 aliphatic heterocycles. The van der Waals surface area contributed by atoms with Crippen LogP contribution in [-0.4, -0.2) is 36.0 Å². The fourth-order valence-corrected chi connectivity index (χ4v) is 3.77. The van der Waals surface area contributed by atoms with Gasteiger partial charge in [0.25, 0.3) is 0 Å². The number of H-pyrrole nitrogens is 1. The number of hydrogen-bond acceptors (Lipinski definition) is 4. The molecule has 0 radical (unpaired) electrons. The van der Waals surface area contributed by atoms with Crippen molar-refractivity contribution >= 4 is 15.8 Å². The minimum absolute atomic E-state index is 0.0919. The molecule has 17 heavy (non-hydrogen) atoms. The van der Waals surface area contributed by atoms with Gasteiger partial charge in [-0.1, -0.05) is 13.3 Å². The minimum atomic E-state index is -3.48. The molecule has 6 nitrogen and oxygen atoms in total. The van der Waals surface area contributed by atoms with Gasteiger partial charge in [-0.15, -0.1) is 0 Å². The summed E-state index contributed by atoms with van der Waals surface area (Å²) in [5, 5.41) is 6.13. The normalized spacial score (nSPS) is 22.8. The lowest BCUT2D eigenvalue weighted by molar-refractivity contribution is 0.261. The number of aromatic amines is 1. The van der Waals surface area contributed by atoms with Crippen LogP contribution in [0.3, 0.4) is 0 Å². The van der Waals surface area contributed by atoms with Crippen LogP contribution in [0.4, 0.5) is 5.82 Å². The molecule has 0 bridgehead atoms. The standard InChI is InChI=1S/C10H18N4O2S/c1-2-8-4-3-5-14(7-8)17(15,16)9-6-12-13-10(9)11/h6,8H,2-5,7H2,1H3,(H3,11,12,13). The molecule has 96 valence electrons. The first-order valence-electron chi connectivity index (χ1n) is 5.84. The van der Waals surface area contributed by atoms with Crippen LogP contribution in [0.25, 0.3) is 0 Å². The van der Waals surface area contributed by atoms with Gasteiger partial charge in [0.1, 0.15) is 10.7 Å². The topological polar surface area (TPSA) is 92.1 Å². The Hall–Kier alpha value is -1.08. The van der Waals surface area contributed by atoms with Crippen molar-refractivity contribution in [3.05, 3.63) is 6.20 Å². The van der Waals surface area contributed by atoms with Crippen LogP contribution in [0.2, 0.25) is 0 Å². The zero-order valence-corrected chi connectivity index (χ0v) is 10.7. The average molecular weight is 258 g/mol. The van der Waals surface area contributed by atoms with E-state index in [0.29, 0.717) is 19.0 Å². The number of aromatic nitrogens is 2. The van der Waals surface area contributed by atoms with Gasteiger partial charge >= 0.3 is 0 Å². The Bertz CT molecular complexity index is 482. The van der Waals surface area contributed by atoms with E-state index in [9.17, 15) is 8.42 Å². The Morgan fingerprint density at radius 2 is 2.41 bits per heavy atom. The molecule has 2 rings (SSSR count). The summed E-state index contributed by atoms with van der Waals surface area (Å²) in [5.74, 6) is 0.565. The van der Waals surface area contributed by atoms with Crippen LogP contribution in [0.15, 0.2) is 11.1 Å². The Labute approximate surface area is 101 Å². The van der Waals surface area contributed by atoms with Gasteiger partial charge in [-0.3, -0.25) is 5.10 Å². The predicted octanol–water partition coefficient (Wildman–Crippen LogP) is 0.803. The van der Waals surface area contributed by atoms with Crippen LogP contribution < -0.4 is 5.73 Å². The highest BCUT2D eigenvalue weighted by Gasteiger charge is 2.31. The molecule has 3 N–H and O–H groups in total. The lowest BCUT2D eigenvalue weighted by atomic mass is 9.97. The van der Waals surface area contributed by atoms with E-state index >= 15 is 0 Å². The number of hydrogen-bond donors (Lipinski definition) is 2. The monoisotopic (exact) mass is 258 g/mol.